The van der Waals surface area contributed by atoms with Gasteiger partial charge in [0.2, 0.25) is 11.6 Å². The van der Waals surface area contributed by atoms with E-state index in [1.807, 2.05) is 4.90 Å². The van der Waals surface area contributed by atoms with Crippen LogP contribution in [0.2, 0.25) is 0 Å². The Hall–Kier alpha value is -1.96. The second-order valence-electron chi connectivity index (χ2n) is 9.26. The molecule has 8 nitrogen and oxygen atoms in total. The fourth-order valence-corrected chi connectivity index (χ4v) is 6.39. The molecular formula is C19H28N6O2. The van der Waals surface area contributed by atoms with Crippen LogP contribution in [0.3, 0.4) is 0 Å². The van der Waals surface area contributed by atoms with Crippen molar-refractivity contribution in [2.75, 3.05) is 43.4 Å². The summed E-state index contributed by atoms with van der Waals surface area (Å²) in [4.78, 5) is 24.6. The molecule has 0 spiro atoms. The van der Waals surface area contributed by atoms with Gasteiger partial charge in [-0.05, 0) is 63.3 Å². The van der Waals surface area contributed by atoms with Crippen molar-refractivity contribution in [2.24, 2.45) is 17.8 Å². The van der Waals surface area contributed by atoms with Crippen LogP contribution in [0, 0.1) is 27.9 Å². The monoisotopic (exact) mass is 372 g/mol. The van der Waals surface area contributed by atoms with Gasteiger partial charge in [0, 0.05) is 31.7 Å². The molecule has 0 atom stereocenters. The topological polar surface area (TPSA) is 87.4 Å². The highest BCUT2D eigenvalue weighted by Crippen LogP contribution is 2.57. The minimum Gasteiger partial charge on any atom is -0.359 e. The number of hydrogen-bond acceptors (Lipinski definition) is 7. The molecule has 4 aliphatic carbocycles. The van der Waals surface area contributed by atoms with Gasteiger partial charge >= 0.3 is 5.69 Å². The van der Waals surface area contributed by atoms with Gasteiger partial charge in [-0.15, -0.1) is 0 Å². The van der Waals surface area contributed by atoms with Crippen LogP contribution in [-0.4, -0.2) is 58.6 Å². The van der Waals surface area contributed by atoms with Gasteiger partial charge in [-0.25, -0.2) is 9.97 Å². The number of hydrogen-bond donors (Lipinski definition) is 1. The second kappa shape index (κ2) is 6.29. The minimum absolute atomic E-state index is 0.00670. The van der Waals surface area contributed by atoms with Crippen LogP contribution in [0.25, 0.3) is 0 Å². The van der Waals surface area contributed by atoms with E-state index >= 15 is 0 Å². The molecule has 0 radical (unpaired) electrons. The molecule has 146 valence electrons. The lowest BCUT2D eigenvalue weighted by Gasteiger charge is -2.57. The van der Waals surface area contributed by atoms with Crippen LogP contribution in [0.5, 0.6) is 0 Å². The average Bonchev–Trinajstić information content (AvgIpc) is 2.60. The third-order valence-electron chi connectivity index (χ3n) is 7.21. The highest BCUT2D eigenvalue weighted by Gasteiger charge is 2.51. The molecule has 0 amide bonds. The lowest BCUT2D eigenvalue weighted by molar-refractivity contribution is -0.383. The molecule has 1 aromatic heterocycles. The molecule has 0 aromatic carbocycles. The second-order valence-corrected chi connectivity index (χ2v) is 9.26. The highest BCUT2D eigenvalue weighted by atomic mass is 16.6. The summed E-state index contributed by atoms with van der Waals surface area (Å²) >= 11 is 0. The number of aromatic nitrogens is 2. The van der Waals surface area contributed by atoms with Crippen molar-refractivity contribution >= 4 is 17.3 Å². The van der Waals surface area contributed by atoms with Crippen LogP contribution in [0.4, 0.5) is 17.3 Å². The Balaban J connectivity index is 1.46. The maximum atomic E-state index is 12.0. The van der Waals surface area contributed by atoms with E-state index < -0.39 is 0 Å². The molecule has 8 heteroatoms. The molecule has 5 aliphatic rings. The van der Waals surface area contributed by atoms with Gasteiger partial charge in [0.1, 0.15) is 6.33 Å². The summed E-state index contributed by atoms with van der Waals surface area (Å²) in [5.74, 6) is 3.23. The van der Waals surface area contributed by atoms with Crippen molar-refractivity contribution in [1.82, 2.24) is 14.9 Å². The fraction of sp³-hybridized carbons (Fsp3) is 0.789. The van der Waals surface area contributed by atoms with Crippen LogP contribution in [0.1, 0.15) is 38.5 Å². The molecule has 2 heterocycles. The van der Waals surface area contributed by atoms with E-state index in [-0.39, 0.29) is 16.1 Å². The first-order valence-corrected chi connectivity index (χ1v) is 10.2. The summed E-state index contributed by atoms with van der Waals surface area (Å²) in [7, 11) is 2.08. The smallest absolute Gasteiger partial charge is 0.353 e. The van der Waals surface area contributed by atoms with Crippen LogP contribution in [0.15, 0.2) is 6.33 Å². The van der Waals surface area contributed by atoms with Gasteiger partial charge in [0.15, 0.2) is 0 Å². The maximum Gasteiger partial charge on any atom is 0.353 e. The van der Waals surface area contributed by atoms with E-state index in [1.165, 1.54) is 25.6 Å². The molecular weight excluding hydrogens is 344 g/mol. The number of nitrogens with one attached hydrogen (secondary N) is 1. The summed E-state index contributed by atoms with van der Waals surface area (Å²) in [6.45, 7) is 3.29. The zero-order valence-corrected chi connectivity index (χ0v) is 15.9. The zero-order chi connectivity index (χ0) is 18.6. The molecule has 0 unspecified atom stereocenters. The minimum atomic E-state index is -0.295. The summed E-state index contributed by atoms with van der Waals surface area (Å²) < 4.78 is 0. The van der Waals surface area contributed by atoms with E-state index in [0.717, 1.165) is 63.2 Å². The SMILES string of the molecule is CN1CCN(c2ncnc(NC34CC5CC(CC(C5)C3)C4)c2[N+](=O)[O-])CC1. The maximum absolute atomic E-state index is 12.0. The number of nitrogens with zero attached hydrogens (tertiary/aromatic N) is 5. The third kappa shape index (κ3) is 3.03. The quantitative estimate of drug-likeness (QED) is 0.642. The van der Waals surface area contributed by atoms with Crippen molar-refractivity contribution in [1.29, 1.82) is 0 Å². The van der Waals surface area contributed by atoms with Gasteiger partial charge in [-0.1, -0.05) is 0 Å². The fourth-order valence-electron chi connectivity index (χ4n) is 6.39. The van der Waals surface area contributed by atoms with E-state index in [9.17, 15) is 10.1 Å². The number of anilines is 2. The molecule has 6 rings (SSSR count). The number of piperazine rings is 1. The first-order valence-electron chi connectivity index (χ1n) is 10.2. The predicted molar refractivity (Wildman–Crippen MR) is 103 cm³/mol. The molecule has 27 heavy (non-hydrogen) atoms. The first kappa shape index (κ1) is 17.2. The largest absolute Gasteiger partial charge is 0.359 e. The zero-order valence-electron chi connectivity index (χ0n) is 15.9. The van der Waals surface area contributed by atoms with Gasteiger partial charge in [0.05, 0.1) is 4.92 Å². The standard InChI is InChI=1S/C19H28N6O2/c1-23-2-4-24(5-3-23)18-16(25(26)27)17(20-12-21-18)22-19-9-13-6-14(10-19)8-15(7-13)11-19/h12-15H,2-11H2,1H3,(H,20,21,22). The Morgan fingerprint density at radius 1 is 1.07 bits per heavy atom. The van der Waals surface area contributed by atoms with Crippen LogP contribution >= 0.6 is 0 Å². The molecule has 5 fully saturated rings. The highest BCUT2D eigenvalue weighted by molar-refractivity contribution is 5.71. The van der Waals surface area contributed by atoms with Gasteiger partial charge in [0.25, 0.3) is 0 Å². The molecule has 1 N–H and O–H groups in total. The normalized spacial score (nSPS) is 35.4. The average molecular weight is 372 g/mol. The Bertz CT molecular complexity index is 710. The van der Waals surface area contributed by atoms with Crippen molar-refractivity contribution in [2.45, 2.75) is 44.1 Å². The van der Waals surface area contributed by atoms with Gasteiger partial charge in [-0.3, -0.25) is 10.1 Å². The number of rotatable bonds is 4. The number of likely N-dealkylation sites (N-methyl/N-ethyl adjacent to an activating group) is 1. The third-order valence-corrected chi connectivity index (χ3v) is 7.21. The lowest BCUT2D eigenvalue weighted by atomic mass is 9.53. The van der Waals surface area contributed by atoms with Crippen molar-refractivity contribution in [3.8, 4) is 0 Å². The molecule has 1 aliphatic heterocycles. The summed E-state index contributed by atoms with van der Waals surface area (Å²) in [5.41, 5.74) is 0.0468. The van der Waals surface area contributed by atoms with Gasteiger partial charge in [-0.2, -0.15) is 0 Å². The molecule has 4 saturated carbocycles. The lowest BCUT2D eigenvalue weighted by Crippen LogP contribution is -2.55. The number of nitro groups is 1. The molecule has 1 aromatic rings. The Kier molecular flexibility index (Phi) is 4.00. The van der Waals surface area contributed by atoms with E-state index in [0.29, 0.717) is 11.6 Å². The van der Waals surface area contributed by atoms with Crippen molar-refractivity contribution < 1.29 is 4.92 Å². The van der Waals surface area contributed by atoms with Crippen molar-refractivity contribution in [3.05, 3.63) is 16.4 Å². The summed E-state index contributed by atoms with van der Waals surface area (Å²) in [6, 6.07) is 0. The van der Waals surface area contributed by atoms with Crippen LogP contribution < -0.4 is 10.2 Å². The predicted octanol–water partition coefficient (Wildman–Crippen LogP) is 2.52. The Morgan fingerprint density at radius 3 is 2.22 bits per heavy atom. The Morgan fingerprint density at radius 2 is 1.67 bits per heavy atom. The first-order chi connectivity index (χ1) is 13.0. The molecule has 1 saturated heterocycles. The Labute approximate surface area is 159 Å². The molecule has 4 bridgehead atoms. The van der Waals surface area contributed by atoms with Crippen molar-refractivity contribution in [3.63, 3.8) is 0 Å². The van der Waals surface area contributed by atoms with Gasteiger partial charge < -0.3 is 15.1 Å². The van der Waals surface area contributed by atoms with E-state index in [2.05, 4.69) is 27.2 Å². The van der Waals surface area contributed by atoms with Crippen LogP contribution in [-0.2, 0) is 0 Å². The summed E-state index contributed by atoms with van der Waals surface area (Å²) in [6.07, 6.45) is 8.92. The van der Waals surface area contributed by atoms with E-state index in [4.69, 9.17) is 0 Å². The summed E-state index contributed by atoms with van der Waals surface area (Å²) in [5, 5.41) is 15.6. The van der Waals surface area contributed by atoms with E-state index in [1.54, 1.807) is 0 Å².